The van der Waals surface area contributed by atoms with E-state index in [-0.39, 0.29) is 32.5 Å². The van der Waals surface area contributed by atoms with Gasteiger partial charge in [0.25, 0.3) is 10.1 Å². The first-order valence-corrected chi connectivity index (χ1v) is 14.1. The molecule has 0 fully saturated rings. The molecule has 0 aliphatic heterocycles. The topological polar surface area (TPSA) is 139 Å². The van der Waals surface area contributed by atoms with E-state index < -0.39 is 26.3 Å². The normalized spacial score (nSPS) is 14.7. The lowest BCUT2D eigenvalue weighted by molar-refractivity contribution is 0.255. The average Bonchev–Trinajstić information content (AvgIpc) is 3.12. The van der Waals surface area contributed by atoms with Gasteiger partial charge in [0.2, 0.25) is 0 Å². The van der Waals surface area contributed by atoms with Gasteiger partial charge < -0.3 is 15.7 Å². The quantitative estimate of drug-likeness (QED) is 0.267. The number of aryl methyl sites for hydroxylation is 2. The molecule has 0 aromatic heterocycles. The Morgan fingerprint density at radius 1 is 0.676 bits per heavy atom. The second kappa shape index (κ2) is 8.91. The van der Waals surface area contributed by atoms with Crippen LogP contribution in [0.2, 0.25) is 0 Å². The Morgan fingerprint density at radius 2 is 1.24 bits per heavy atom. The standard InChI is InChI=1S/C27H24N2O6S2/c1-16-10-12-24(21(28)14-16)36(30,31)34-23-9-5-8-19-18-6-3-4-7-20(18)27(26(19)23)35-37(32,33)25-13-11-17(2)15-22(25)29/h3-15,27H,28-29H2,1-2H3. The summed E-state index contributed by atoms with van der Waals surface area (Å²) in [5.41, 5.74) is 15.8. The third-order valence-corrected chi connectivity index (χ3v) is 8.82. The minimum Gasteiger partial charge on any atom is -0.398 e. The van der Waals surface area contributed by atoms with Crippen LogP contribution in [-0.2, 0) is 24.4 Å². The maximum absolute atomic E-state index is 13.4. The summed E-state index contributed by atoms with van der Waals surface area (Å²) >= 11 is 0. The van der Waals surface area contributed by atoms with Crippen LogP contribution in [0.15, 0.2) is 88.7 Å². The Hall–Kier alpha value is -3.86. The van der Waals surface area contributed by atoms with Gasteiger partial charge in [0.05, 0.1) is 11.4 Å². The number of hydrogen-bond donors (Lipinski definition) is 2. The van der Waals surface area contributed by atoms with E-state index >= 15 is 0 Å². The van der Waals surface area contributed by atoms with Gasteiger partial charge >= 0.3 is 10.1 Å². The minimum absolute atomic E-state index is 0.0427. The van der Waals surface area contributed by atoms with Gasteiger partial charge in [-0.2, -0.15) is 16.8 Å². The Bertz CT molecular complexity index is 1770. The van der Waals surface area contributed by atoms with Crippen LogP contribution in [0.4, 0.5) is 11.4 Å². The van der Waals surface area contributed by atoms with Crippen molar-refractivity contribution in [2.24, 2.45) is 0 Å². The highest BCUT2D eigenvalue weighted by molar-refractivity contribution is 7.87. The fourth-order valence-electron chi connectivity index (χ4n) is 4.48. The van der Waals surface area contributed by atoms with Crippen molar-refractivity contribution in [3.63, 3.8) is 0 Å². The molecular formula is C27H24N2O6S2. The molecule has 0 spiro atoms. The van der Waals surface area contributed by atoms with Crippen LogP contribution in [0.25, 0.3) is 11.1 Å². The van der Waals surface area contributed by atoms with Gasteiger partial charge in [0, 0.05) is 5.56 Å². The molecule has 1 aliphatic carbocycles. The number of nitrogens with two attached hydrogens (primary N) is 2. The maximum Gasteiger partial charge on any atom is 0.341 e. The molecule has 4 N–H and O–H groups in total. The summed E-state index contributed by atoms with van der Waals surface area (Å²) in [7, 11) is -8.70. The van der Waals surface area contributed by atoms with Crippen LogP contribution in [0, 0.1) is 13.8 Å². The molecule has 4 aromatic rings. The van der Waals surface area contributed by atoms with Crippen LogP contribution >= 0.6 is 0 Å². The molecule has 0 amide bonds. The Morgan fingerprint density at radius 3 is 1.86 bits per heavy atom. The fraction of sp³-hybridized carbons (Fsp3) is 0.111. The zero-order valence-electron chi connectivity index (χ0n) is 20.0. The largest absolute Gasteiger partial charge is 0.398 e. The van der Waals surface area contributed by atoms with Gasteiger partial charge in [-0.3, -0.25) is 4.18 Å². The monoisotopic (exact) mass is 536 g/mol. The predicted octanol–water partition coefficient (Wildman–Crippen LogP) is 4.71. The summed E-state index contributed by atoms with van der Waals surface area (Å²) in [5.74, 6) is -0.0641. The molecule has 0 saturated heterocycles. The minimum atomic E-state index is -4.35. The third-order valence-electron chi connectivity index (χ3n) is 6.15. The lowest BCUT2D eigenvalue weighted by Crippen LogP contribution is -2.16. The van der Waals surface area contributed by atoms with Crippen molar-refractivity contribution in [1.82, 2.24) is 0 Å². The second-order valence-electron chi connectivity index (χ2n) is 8.86. The lowest BCUT2D eigenvalue weighted by atomic mass is 10.1. The first-order chi connectivity index (χ1) is 17.5. The van der Waals surface area contributed by atoms with Gasteiger partial charge in [-0.05, 0) is 72.0 Å². The smallest absolute Gasteiger partial charge is 0.341 e. The van der Waals surface area contributed by atoms with E-state index in [1.54, 1.807) is 68.4 Å². The van der Waals surface area contributed by atoms with Crippen molar-refractivity contribution in [3.8, 4) is 16.9 Å². The highest BCUT2D eigenvalue weighted by Gasteiger charge is 2.38. The van der Waals surface area contributed by atoms with E-state index in [2.05, 4.69) is 0 Å². The SMILES string of the molecule is Cc1ccc(S(=O)(=O)Oc2cccc3c2C(OS(=O)(=O)c2ccc(C)cc2N)c2ccccc2-3)c(N)c1. The number of benzene rings is 4. The third kappa shape index (κ3) is 4.43. The first kappa shape index (κ1) is 24.8. The van der Waals surface area contributed by atoms with Crippen LogP contribution < -0.4 is 15.7 Å². The predicted molar refractivity (Wildman–Crippen MR) is 141 cm³/mol. The van der Waals surface area contributed by atoms with Gasteiger partial charge in [0.15, 0.2) is 0 Å². The average molecular weight is 537 g/mol. The zero-order valence-corrected chi connectivity index (χ0v) is 21.6. The summed E-state index contributed by atoms with van der Waals surface area (Å²) in [6, 6.07) is 21.0. The molecule has 1 unspecified atom stereocenters. The number of fused-ring (bicyclic) bond motifs is 3. The summed E-state index contributed by atoms with van der Waals surface area (Å²) in [5, 5.41) is 0. The molecule has 190 valence electrons. The van der Waals surface area contributed by atoms with Gasteiger partial charge in [-0.25, -0.2) is 0 Å². The Labute approximate surface area is 215 Å². The fourth-order valence-corrected chi connectivity index (χ4v) is 6.67. The van der Waals surface area contributed by atoms with Gasteiger partial charge in [0.1, 0.15) is 21.6 Å². The number of hydrogen-bond acceptors (Lipinski definition) is 8. The van der Waals surface area contributed by atoms with Gasteiger partial charge in [-0.15, -0.1) is 0 Å². The molecule has 0 heterocycles. The van der Waals surface area contributed by atoms with E-state index in [9.17, 15) is 16.8 Å². The van der Waals surface area contributed by atoms with E-state index in [1.165, 1.54) is 24.3 Å². The van der Waals surface area contributed by atoms with Crippen molar-refractivity contribution in [2.75, 3.05) is 11.5 Å². The first-order valence-electron chi connectivity index (χ1n) is 11.3. The van der Waals surface area contributed by atoms with Crippen molar-refractivity contribution in [1.29, 1.82) is 0 Å². The van der Waals surface area contributed by atoms with Gasteiger partial charge in [-0.1, -0.05) is 48.5 Å². The van der Waals surface area contributed by atoms with Crippen molar-refractivity contribution in [2.45, 2.75) is 29.7 Å². The molecule has 10 heteroatoms. The van der Waals surface area contributed by atoms with Crippen molar-refractivity contribution >= 4 is 31.6 Å². The van der Waals surface area contributed by atoms with E-state index in [0.29, 0.717) is 16.7 Å². The van der Waals surface area contributed by atoms with Crippen LogP contribution in [0.5, 0.6) is 5.75 Å². The molecule has 0 saturated carbocycles. The van der Waals surface area contributed by atoms with Crippen molar-refractivity contribution in [3.05, 3.63) is 101 Å². The summed E-state index contributed by atoms with van der Waals surface area (Å²) in [6.45, 7) is 3.58. The maximum atomic E-state index is 13.4. The molecule has 4 aromatic carbocycles. The summed E-state index contributed by atoms with van der Waals surface area (Å²) in [4.78, 5) is -0.369. The van der Waals surface area contributed by atoms with Crippen LogP contribution in [-0.4, -0.2) is 16.8 Å². The van der Waals surface area contributed by atoms with E-state index in [1.807, 2.05) is 0 Å². The molecule has 0 radical (unpaired) electrons. The number of anilines is 2. The molecular weight excluding hydrogens is 512 g/mol. The molecule has 8 nitrogen and oxygen atoms in total. The Balaban J connectivity index is 1.62. The van der Waals surface area contributed by atoms with Crippen LogP contribution in [0.3, 0.4) is 0 Å². The van der Waals surface area contributed by atoms with E-state index in [4.69, 9.17) is 19.8 Å². The molecule has 0 bridgehead atoms. The van der Waals surface area contributed by atoms with Crippen molar-refractivity contribution < 1.29 is 25.2 Å². The highest BCUT2D eigenvalue weighted by atomic mass is 32.2. The zero-order chi connectivity index (χ0) is 26.5. The molecule has 5 rings (SSSR count). The molecule has 1 aliphatic rings. The van der Waals surface area contributed by atoms with Crippen LogP contribution in [0.1, 0.15) is 28.4 Å². The number of rotatable bonds is 6. The summed E-state index contributed by atoms with van der Waals surface area (Å²) in [6.07, 6.45) is -1.17. The second-order valence-corrected chi connectivity index (χ2v) is 11.9. The lowest BCUT2D eigenvalue weighted by Gasteiger charge is -2.19. The molecule has 1 atom stereocenters. The number of nitrogen functional groups attached to an aromatic ring is 2. The molecule has 37 heavy (non-hydrogen) atoms. The van der Waals surface area contributed by atoms with E-state index in [0.717, 1.165) is 11.1 Å². The summed E-state index contributed by atoms with van der Waals surface area (Å²) < 4.78 is 64.5. The highest BCUT2D eigenvalue weighted by Crippen LogP contribution is 2.50. The Kier molecular flexibility index (Phi) is 5.98.